The van der Waals surface area contributed by atoms with Crippen LogP contribution < -0.4 is 20.1 Å². The van der Waals surface area contributed by atoms with Crippen molar-refractivity contribution in [1.82, 2.24) is 15.6 Å². The predicted octanol–water partition coefficient (Wildman–Crippen LogP) is 1.72. The Labute approximate surface area is 129 Å². The van der Waals surface area contributed by atoms with Crippen molar-refractivity contribution in [3.8, 4) is 17.4 Å². The number of aromatic nitrogens is 1. The molecule has 0 atom stereocenters. The van der Waals surface area contributed by atoms with Crippen LogP contribution in [0.1, 0.15) is 5.56 Å². The smallest absolute Gasteiger partial charge is 0.234 e. The van der Waals surface area contributed by atoms with Crippen LogP contribution in [0.4, 0.5) is 0 Å². The molecule has 1 heterocycles. The average Bonchev–Trinajstić information content (AvgIpc) is 2.55. The zero-order chi connectivity index (χ0) is 15.8. The van der Waals surface area contributed by atoms with Gasteiger partial charge in [0.25, 0.3) is 0 Å². The third-order valence-electron chi connectivity index (χ3n) is 2.89. The lowest BCUT2D eigenvalue weighted by atomic mass is 10.3. The Balaban J connectivity index is 1.92. The van der Waals surface area contributed by atoms with E-state index in [1.165, 1.54) is 0 Å². The number of nitrogens with zero attached hydrogens (tertiary/aromatic N) is 1. The molecular formula is C16H19N3O3. The van der Waals surface area contributed by atoms with E-state index in [1.807, 2.05) is 24.3 Å². The van der Waals surface area contributed by atoms with E-state index in [4.69, 9.17) is 9.47 Å². The van der Waals surface area contributed by atoms with E-state index in [2.05, 4.69) is 15.6 Å². The summed E-state index contributed by atoms with van der Waals surface area (Å²) in [6.45, 7) is 0.734. The molecule has 1 aromatic carbocycles. The number of methoxy groups -OCH3 is 1. The van der Waals surface area contributed by atoms with Crippen molar-refractivity contribution >= 4 is 5.91 Å². The number of carbonyl (C=O) groups is 1. The van der Waals surface area contributed by atoms with Crippen LogP contribution in [0, 0.1) is 0 Å². The monoisotopic (exact) mass is 301 g/mol. The SMILES string of the molecule is CNCC(=O)NCc1ccc(Oc2cccc(OC)c2)nc1. The Morgan fingerprint density at radius 1 is 1.23 bits per heavy atom. The molecule has 6 heteroatoms. The minimum atomic E-state index is -0.0563. The van der Waals surface area contributed by atoms with Gasteiger partial charge in [-0.3, -0.25) is 4.79 Å². The average molecular weight is 301 g/mol. The molecule has 116 valence electrons. The number of pyridine rings is 1. The van der Waals surface area contributed by atoms with Crippen molar-refractivity contribution in [3.05, 3.63) is 48.2 Å². The highest BCUT2D eigenvalue weighted by atomic mass is 16.5. The van der Waals surface area contributed by atoms with E-state index in [0.717, 1.165) is 11.3 Å². The number of nitrogens with one attached hydrogen (secondary N) is 2. The summed E-state index contributed by atoms with van der Waals surface area (Å²) < 4.78 is 10.8. The molecule has 0 aliphatic heterocycles. The molecule has 1 amide bonds. The van der Waals surface area contributed by atoms with Crippen LogP contribution in [0.25, 0.3) is 0 Å². The first-order valence-corrected chi connectivity index (χ1v) is 6.89. The quantitative estimate of drug-likeness (QED) is 0.814. The normalized spacial score (nSPS) is 10.1. The largest absolute Gasteiger partial charge is 0.497 e. The number of hydrogen-bond acceptors (Lipinski definition) is 5. The van der Waals surface area contributed by atoms with Crippen molar-refractivity contribution in [2.75, 3.05) is 20.7 Å². The number of benzene rings is 1. The molecule has 0 radical (unpaired) electrons. The lowest BCUT2D eigenvalue weighted by molar-refractivity contribution is -0.120. The lowest BCUT2D eigenvalue weighted by Gasteiger charge is -2.08. The predicted molar refractivity (Wildman–Crippen MR) is 83.1 cm³/mol. The first kappa shape index (κ1) is 15.8. The second-order valence-electron chi connectivity index (χ2n) is 4.59. The van der Waals surface area contributed by atoms with Crippen LogP contribution in [0.2, 0.25) is 0 Å². The maximum atomic E-state index is 11.4. The van der Waals surface area contributed by atoms with Gasteiger partial charge in [-0.25, -0.2) is 4.98 Å². The van der Waals surface area contributed by atoms with Gasteiger partial charge in [0.1, 0.15) is 11.5 Å². The lowest BCUT2D eigenvalue weighted by Crippen LogP contribution is -2.31. The maximum Gasteiger partial charge on any atom is 0.234 e. The van der Waals surface area contributed by atoms with Gasteiger partial charge < -0.3 is 20.1 Å². The highest BCUT2D eigenvalue weighted by molar-refractivity contribution is 5.77. The number of carbonyl (C=O) groups excluding carboxylic acids is 1. The van der Waals surface area contributed by atoms with Gasteiger partial charge in [-0.2, -0.15) is 0 Å². The molecule has 0 spiro atoms. The zero-order valence-electron chi connectivity index (χ0n) is 12.6. The molecule has 2 aromatic rings. The third kappa shape index (κ3) is 4.75. The summed E-state index contributed by atoms with van der Waals surface area (Å²) in [5, 5.41) is 5.58. The van der Waals surface area contributed by atoms with Crippen molar-refractivity contribution in [2.24, 2.45) is 0 Å². The summed E-state index contributed by atoms with van der Waals surface area (Å²) in [7, 11) is 3.33. The molecule has 0 saturated carbocycles. The van der Waals surface area contributed by atoms with Crippen molar-refractivity contribution in [2.45, 2.75) is 6.54 Å². The van der Waals surface area contributed by atoms with Crippen molar-refractivity contribution in [3.63, 3.8) is 0 Å². The summed E-state index contributed by atoms with van der Waals surface area (Å²) >= 11 is 0. The number of rotatable bonds is 7. The van der Waals surface area contributed by atoms with E-state index < -0.39 is 0 Å². The van der Waals surface area contributed by atoms with E-state index >= 15 is 0 Å². The first-order chi connectivity index (χ1) is 10.7. The molecule has 2 N–H and O–H groups in total. The minimum Gasteiger partial charge on any atom is -0.497 e. The van der Waals surface area contributed by atoms with Gasteiger partial charge in [0.2, 0.25) is 11.8 Å². The Kier molecular flexibility index (Phi) is 5.73. The molecule has 0 bridgehead atoms. The summed E-state index contributed by atoms with van der Waals surface area (Å²) in [5.74, 6) is 1.81. The second-order valence-corrected chi connectivity index (χ2v) is 4.59. The highest BCUT2D eigenvalue weighted by Gasteiger charge is 2.03. The summed E-state index contributed by atoms with van der Waals surface area (Å²) in [6, 6.07) is 10.9. The number of amides is 1. The van der Waals surface area contributed by atoms with E-state index in [1.54, 1.807) is 32.5 Å². The summed E-state index contributed by atoms with van der Waals surface area (Å²) in [6.07, 6.45) is 1.68. The second kappa shape index (κ2) is 7.99. The van der Waals surface area contributed by atoms with Crippen LogP contribution in [0.3, 0.4) is 0 Å². The third-order valence-corrected chi connectivity index (χ3v) is 2.89. The van der Waals surface area contributed by atoms with Crippen LogP contribution in [-0.4, -0.2) is 31.6 Å². The molecule has 0 unspecified atom stereocenters. The Morgan fingerprint density at radius 3 is 2.73 bits per heavy atom. The van der Waals surface area contributed by atoms with Gasteiger partial charge in [0.05, 0.1) is 13.7 Å². The Morgan fingerprint density at radius 2 is 2.05 bits per heavy atom. The van der Waals surface area contributed by atoms with Crippen molar-refractivity contribution in [1.29, 1.82) is 0 Å². The molecule has 0 fully saturated rings. The maximum absolute atomic E-state index is 11.4. The molecule has 22 heavy (non-hydrogen) atoms. The molecule has 0 aliphatic carbocycles. The Bertz CT molecular complexity index is 614. The number of hydrogen-bond donors (Lipinski definition) is 2. The topological polar surface area (TPSA) is 72.5 Å². The fourth-order valence-electron chi connectivity index (χ4n) is 1.78. The van der Waals surface area contributed by atoms with E-state index in [9.17, 15) is 4.79 Å². The fraction of sp³-hybridized carbons (Fsp3) is 0.250. The highest BCUT2D eigenvalue weighted by Crippen LogP contribution is 2.23. The molecule has 2 rings (SSSR count). The van der Waals surface area contributed by atoms with Gasteiger partial charge in [0, 0.05) is 24.9 Å². The van der Waals surface area contributed by atoms with Gasteiger partial charge in [-0.1, -0.05) is 12.1 Å². The van der Waals surface area contributed by atoms with Crippen LogP contribution in [-0.2, 0) is 11.3 Å². The van der Waals surface area contributed by atoms with Gasteiger partial charge in [0.15, 0.2) is 0 Å². The van der Waals surface area contributed by atoms with E-state index in [0.29, 0.717) is 24.7 Å². The molecule has 0 aliphatic rings. The zero-order valence-corrected chi connectivity index (χ0v) is 12.6. The van der Waals surface area contributed by atoms with Gasteiger partial charge in [-0.05, 0) is 24.7 Å². The van der Waals surface area contributed by atoms with Crippen molar-refractivity contribution < 1.29 is 14.3 Å². The molecular weight excluding hydrogens is 282 g/mol. The molecule has 0 saturated heterocycles. The summed E-state index contributed by atoms with van der Waals surface area (Å²) in [4.78, 5) is 15.6. The van der Waals surface area contributed by atoms with E-state index in [-0.39, 0.29) is 5.91 Å². The minimum absolute atomic E-state index is 0.0563. The van der Waals surface area contributed by atoms with Crippen LogP contribution in [0.5, 0.6) is 17.4 Å². The van der Waals surface area contributed by atoms with Crippen LogP contribution >= 0.6 is 0 Å². The summed E-state index contributed by atoms with van der Waals surface area (Å²) in [5.41, 5.74) is 0.905. The molecule has 1 aromatic heterocycles. The number of likely N-dealkylation sites (N-methyl/N-ethyl adjacent to an activating group) is 1. The molecule has 6 nitrogen and oxygen atoms in total. The Hall–Kier alpha value is -2.60. The number of ether oxygens (including phenoxy) is 2. The standard InChI is InChI=1S/C16H19N3O3/c1-17-11-15(20)18-9-12-6-7-16(19-10-12)22-14-5-3-4-13(8-14)21-2/h3-8,10,17H,9,11H2,1-2H3,(H,18,20). The first-order valence-electron chi connectivity index (χ1n) is 6.89. The van der Waals surface area contributed by atoms with Crippen LogP contribution in [0.15, 0.2) is 42.6 Å². The van der Waals surface area contributed by atoms with Gasteiger partial charge in [-0.15, -0.1) is 0 Å². The fourth-order valence-corrected chi connectivity index (χ4v) is 1.78. The van der Waals surface area contributed by atoms with Gasteiger partial charge >= 0.3 is 0 Å².